The van der Waals surface area contributed by atoms with Gasteiger partial charge < -0.3 is 10.6 Å². The molecule has 0 aliphatic heterocycles. The zero-order valence-electron chi connectivity index (χ0n) is 16.9. The zero-order chi connectivity index (χ0) is 19.9. The molecule has 0 spiro atoms. The van der Waals surface area contributed by atoms with E-state index < -0.39 is 11.9 Å². The lowest BCUT2D eigenvalue weighted by Crippen LogP contribution is -2.41. The summed E-state index contributed by atoms with van der Waals surface area (Å²) >= 11 is 0. The maximum absolute atomic E-state index is 13.0. The summed E-state index contributed by atoms with van der Waals surface area (Å²) in [6.45, 7) is 10.3. The second kappa shape index (κ2) is 11.7. The van der Waals surface area contributed by atoms with Crippen molar-refractivity contribution in [2.75, 3.05) is 20.1 Å². The Kier molecular flexibility index (Phi) is 11.3. The largest absolute Gasteiger partial charge is 0.435 e. The molecule has 0 radical (unpaired) electrons. The first kappa shape index (κ1) is 26.0. The Hall–Kier alpha value is -1.04. The van der Waals surface area contributed by atoms with Crippen molar-refractivity contribution >= 4 is 29.9 Å². The van der Waals surface area contributed by atoms with Gasteiger partial charge in [-0.05, 0) is 34.1 Å². The first-order chi connectivity index (χ1) is 12.1. The molecule has 1 heterocycles. The van der Waals surface area contributed by atoms with Gasteiger partial charge in [0.2, 0.25) is 0 Å². The fraction of sp³-hybridized carbons (Fsp3) is 0.765. The first-order valence-electron chi connectivity index (χ1n) is 8.86. The number of hydrogen-bond acceptors (Lipinski definition) is 3. The molecular weight excluding hydrogens is 472 g/mol. The molecular formula is C17H32F3IN6. The van der Waals surface area contributed by atoms with Crippen molar-refractivity contribution in [2.45, 2.75) is 58.9 Å². The molecule has 1 aromatic rings. The molecule has 0 atom stereocenters. The molecule has 6 nitrogen and oxygen atoms in total. The third-order valence-electron chi connectivity index (χ3n) is 4.06. The fourth-order valence-corrected chi connectivity index (χ4v) is 2.89. The standard InChI is InChI=1S/C17H31F3N6.HI/c1-12(2)26(13(3)4)9-7-8-22-16(21-5)23-10-14-11-25(6)24-15(14)17(18,19)20;/h11-13H,7-10H2,1-6H3,(H2,21,22,23);1H. The van der Waals surface area contributed by atoms with Crippen LogP contribution in [0.1, 0.15) is 45.4 Å². The van der Waals surface area contributed by atoms with Crippen molar-refractivity contribution < 1.29 is 13.2 Å². The number of aryl methyl sites for hydroxylation is 1. The van der Waals surface area contributed by atoms with E-state index >= 15 is 0 Å². The summed E-state index contributed by atoms with van der Waals surface area (Å²) in [5.74, 6) is 0.475. The van der Waals surface area contributed by atoms with Crippen LogP contribution in [0.25, 0.3) is 0 Å². The van der Waals surface area contributed by atoms with E-state index in [1.54, 1.807) is 7.05 Å². The monoisotopic (exact) mass is 504 g/mol. The van der Waals surface area contributed by atoms with Gasteiger partial charge >= 0.3 is 6.18 Å². The van der Waals surface area contributed by atoms with Gasteiger partial charge in [0.25, 0.3) is 0 Å². The van der Waals surface area contributed by atoms with Gasteiger partial charge in [-0.2, -0.15) is 18.3 Å². The molecule has 1 aromatic heterocycles. The van der Waals surface area contributed by atoms with Crippen LogP contribution in [-0.2, 0) is 19.8 Å². The molecule has 0 bridgehead atoms. The second-order valence-corrected chi connectivity index (χ2v) is 6.81. The van der Waals surface area contributed by atoms with E-state index in [9.17, 15) is 13.2 Å². The van der Waals surface area contributed by atoms with Gasteiger partial charge in [-0.1, -0.05) is 0 Å². The van der Waals surface area contributed by atoms with E-state index in [0.29, 0.717) is 24.6 Å². The molecule has 27 heavy (non-hydrogen) atoms. The fourth-order valence-electron chi connectivity index (χ4n) is 2.89. The molecule has 10 heteroatoms. The van der Waals surface area contributed by atoms with Gasteiger partial charge in [-0.3, -0.25) is 14.6 Å². The Morgan fingerprint density at radius 3 is 2.30 bits per heavy atom. The minimum absolute atomic E-state index is 0. The van der Waals surface area contributed by atoms with Crippen LogP contribution < -0.4 is 10.6 Å². The predicted octanol–water partition coefficient (Wildman–Crippen LogP) is 3.23. The van der Waals surface area contributed by atoms with Gasteiger partial charge in [0.15, 0.2) is 11.7 Å². The van der Waals surface area contributed by atoms with Gasteiger partial charge in [0, 0.05) is 57.6 Å². The van der Waals surface area contributed by atoms with Gasteiger partial charge in [-0.25, -0.2) is 0 Å². The summed E-state index contributed by atoms with van der Waals surface area (Å²) in [6.07, 6.45) is -2.18. The summed E-state index contributed by atoms with van der Waals surface area (Å²) in [5, 5.41) is 9.56. The number of guanidine groups is 1. The normalized spacial score (nSPS) is 12.7. The molecule has 158 valence electrons. The molecule has 0 aromatic carbocycles. The van der Waals surface area contributed by atoms with Gasteiger partial charge in [0.05, 0.1) is 0 Å². The van der Waals surface area contributed by atoms with Crippen LogP contribution >= 0.6 is 24.0 Å². The number of aliphatic imine (C=N–C) groups is 1. The van der Waals surface area contributed by atoms with Gasteiger partial charge in [0.1, 0.15) is 0 Å². The van der Waals surface area contributed by atoms with Crippen molar-refractivity contribution in [3.8, 4) is 0 Å². The number of alkyl halides is 3. The number of nitrogens with one attached hydrogen (secondary N) is 2. The van der Waals surface area contributed by atoms with Crippen molar-refractivity contribution in [1.82, 2.24) is 25.3 Å². The highest BCUT2D eigenvalue weighted by Gasteiger charge is 2.36. The van der Waals surface area contributed by atoms with Crippen LogP contribution in [0.3, 0.4) is 0 Å². The minimum Gasteiger partial charge on any atom is -0.356 e. The van der Waals surface area contributed by atoms with E-state index in [1.807, 2.05) is 0 Å². The highest BCUT2D eigenvalue weighted by Crippen LogP contribution is 2.30. The quantitative estimate of drug-likeness (QED) is 0.247. The van der Waals surface area contributed by atoms with E-state index in [1.165, 1.54) is 17.9 Å². The van der Waals surface area contributed by atoms with Gasteiger partial charge in [-0.15, -0.1) is 24.0 Å². The molecule has 0 unspecified atom stereocenters. The van der Waals surface area contributed by atoms with Crippen molar-refractivity contribution in [3.63, 3.8) is 0 Å². The SMILES string of the molecule is CN=C(NCCCN(C(C)C)C(C)C)NCc1cn(C)nc1C(F)(F)F.I. The minimum atomic E-state index is -4.47. The molecule has 1 rings (SSSR count). The third-order valence-corrected chi connectivity index (χ3v) is 4.06. The van der Waals surface area contributed by atoms with Crippen molar-refractivity contribution in [3.05, 3.63) is 17.5 Å². The van der Waals surface area contributed by atoms with Crippen LogP contribution in [0.4, 0.5) is 13.2 Å². The molecule has 0 saturated carbocycles. The summed E-state index contributed by atoms with van der Waals surface area (Å²) in [5.41, 5.74) is -0.777. The Bertz CT molecular complexity index is 576. The average Bonchev–Trinajstić information content (AvgIpc) is 2.90. The lowest BCUT2D eigenvalue weighted by molar-refractivity contribution is -0.142. The Balaban J connectivity index is 0.00000676. The molecule has 0 saturated heterocycles. The van der Waals surface area contributed by atoms with Crippen LogP contribution in [0.15, 0.2) is 11.2 Å². The molecule has 0 fully saturated rings. The van der Waals surface area contributed by atoms with Crippen molar-refractivity contribution in [1.29, 1.82) is 0 Å². The Morgan fingerprint density at radius 2 is 1.81 bits per heavy atom. The predicted molar refractivity (Wildman–Crippen MR) is 113 cm³/mol. The summed E-state index contributed by atoms with van der Waals surface area (Å²) in [7, 11) is 3.07. The van der Waals surface area contributed by atoms with Crippen molar-refractivity contribution in [2.24, 2.45) is 12.0 Å². The summed E-state index contributed by atoms with van der Waals surface area (Å²) < 4.78 is 40.1. The number of rotatable bonds is 8. The summed E-state index contributed by atoms with van der Waals surface area (Å²) in [6, 6.07) is 0.942. The maximum Gasteiger partial charge on any atom is 0.435 e. The topological polar surface area (TPSA) is 57.5 Å². The second-order valence-electron chi connectivity index (χ2n) is 6.81. The summed E-state index contributed by atoms with van der Waals surface area (Å²) in [4.78, 5) is 6.45. The third kappa shape index (κ3) is 8.67. The van der Waals surface area contributed by atoms with Crippen LogP contribution in [0.2, 0.25) is 0 Å². The average molecular weight is 504 g/mol. The van der Waals surface area contributed by atoms with E-state index in [2.05, 4.69) is 53.3 Å². The molecule has 0 aliphatic carbocycles. The Labute approximate surface area is 177 Å². The van der Waals surface area contributed by atoms with Crippen LogP contribution in [0, 0.1) is 0 Å². The number of hydrogen-bond donors (Lipinski definition) is 2. The number of halogens is 4. The Morgan fingerprint density at radius 1 is 1.22 bits per heavy atom. The smallest absolute Gasteiger partial charge is 0.356 e. The number of nitrogens with zero attached hydrogens (tertiary/aromatic N) is 4. The highest BCUT2D eigenvalue weighted by atomic mass is 127. The lowest BCUT2D eigenvalue weighted by Gasteiger charge is -2.30. The molecule has 2 N–H and O–H groups in total. The molecule has 0 aliphatic rings. The van der Waals surface area contributed by atoms with E-state index in [4.69, 9.17) is 0 Å². The highest BCUT2D eigenvalue weighted by molar-refractivity contribution is 14.0. The van der Waals surface area contributed by atoms with Crippen LogP contribution in [0.5, 0.6) is 0 Å². The lowest BCUT2D eigenvalue weighted by atomic mass is 10.2. The van der Waals surface area contributed by atoms with Crippen LogP contribution in [-0.4, -0.2) is 52.9 Å². The molecule has 0 amide bonds. The van der Waals surface area contributed by atoms with E-state index in [-0.39, 0.29) is 36.1 Å². The maximum atomic E-state index is 13.0. The van der Waals surface area contributed by atoms with E-state index in [0.717, 1.165) is 13.0 Å². The number of aromatic nitrogens is 2. The first-order valence-corrected chi connectivity index (χ1v) is 8.86. The zero-order valence-corrected chi connectivity index (χ0v) is 19.2.